The molecule has 1 aliphatic heterocycles. The number of para-hydroxylation sites is 1. The number of nitrogens with zero attached hydrogens (tertiary/aromatic N) is 2. The lowest BCUT2D eigenvalue weighted by molar-refractivity contribution is -0.384. The van der Waals surface area contributed by atoms with Crippen molar-refractivity contribution in [2.24, 2.45) is 0 Å². The third kappa shape index (κ3) is 4.62. The van der Waals surface area contributed by atoms with Crippen molar-refractivity contribution in [3.63, 3.8) is 0 Å². The first-order valence-electron chi connectivity index (χ1n) is 11.9. The van der Waals surface area contributed by atoms with E-state index >= 15 is 0 Å². The van der Waals surface area contributed by atoms with E-state index in [1.54, 1.807) is 18.2 Å². The van der Waals surface area contributed by atoms with Crippen LogP contribution in [0, 0.1) is 17.0 Å². The molecule has 1 aliphatic rings. The fraction of sp³-hybridized carbons (Fsp3) is 0.0667. The van der Waals surface area contributed by atoms with E-state index in [0.29, 0.717) is 11.3 Å². The Hall–Kier alpha value is -5.24. The Kier molecular flexibility index (Phi) is 6.45. The van der Waals surface area contributed by atoms with E-state index in [1.165, 1.54) is 29.2 Å². The molecule has 4 aromatic carbocycles. The first kappa shape index (κ1) is 24.5. The molecule has 1 heterocycles. The monoisotopic (exact) mass is 505 g/mol. The summed E-state index contributed by atoms with van der Waals surface area (Å²) in [6.45, 7) is 1.90. The highest BCUT2D eigenvalue weighted by Crippen LogP contribution is 2.42. The average molecular weight is 506 g/mol. The zero-order valence-electron chi connectivity index (χ0n) is 20.4. The zero-order valence-corrected chi connectivity index (χ0v) is 20.4. The number of amides is 1. The summed E-state index contributed by atoms with van der Waals surface area (Å²) >= 11 is 0. The number of carbonyl (C=O) groups excluding carboxylic acids is 2. The van der Waals surface area contributed by atoms with Gasteiger partial charge in [-0.1, -0.05) is 48.0 Å². The molecule has 2 N–H and O–H groups in total. The second-order valence-electron chi connectivity index (χ2n) is 8.93. The standard InChI is InChI=1S/C30H23N3O5/c1-19-6-5-7-21(18-19)27-26(28(34)20-10-14-25(15-11-20)33(37)38)29(35)30(36)32(27)24-16-12-23(13-17-24)31-22-8-3-2-4-9-22/h2-18,27,31,34H,1H3/b28-26-. The number of ketones is 1. The minimum atomic E-state index is -0.891. The van der Waals surface area contributed by atoms with E-state index in [1.807, 2.05) is 67.6 Å². The lowest BCUT2D eigenvalue weighted by atomic mass is 9.94. The molecule has 0 radical (unpaired) electrons. The molecule has 1 saturated heterocycles. The Morgan fingerprint density at radius 1 is 0.868 bits per heavy atom. The molecule has 1 unspecified atom stereocenters. The van der Waals surface area contributed by atoms with Crippen LogP contribution in [-0.2, 0) is 9.59 Å². The Morgan fingerprint density at radius 2 is 1.53 bits per heavy atom. The third-order valence-electron chi connectivity index (χ3n) is 6.36. The van der Waals surface area contributed by atoms with Crippen LogP contribution in [-0.4, -0.2) is 21.7 Å². The normalized spacial score (nSPS) is 16.4. The number of anilines is 3. The number of nitro groups is 1. The largest absolute Gasteiger partial charge is 0.507 e. The van der Waals surface area contributed by atoms with Gasteiger partial charge in [-0.2, -0.15) is 0 Å². The minimum Gasteiger partial charge on any atom is -0.507 e. The summed E-state index contributed by atoms with van der Waals surface area (Å²) in [4.78, 5) is 38.6. The molecule has 38 heavy (non-hydrogen) atoms. The molecule has 0 aliphatic carbocycles. The van der Waals surface area contributed by atoms with Crippen molar-refractivity contribution in [3.8, 4) is 0 Å². The summed E-state index contributed by atoms with van der Waals surface area (Å²) in [6, 6.07) is 28.4. The third-order valence-corrected chi connectivity index (χ3v) is 6.36. The van der Waals surface area contributed by atoms with E-state index < -0.39 is 28.4 Å². The molecule has 0 bridgehead atoms. The van der Waals surface area contributed by atoms with E-state index in [9.17, 15) is 24.8 Å². The predicted molar refractivity (Wildman–Crippen MR) is 145 cm³/mol. The summed E-state index contributed by atoms with van der Waals surface area (Å²) < 4.78 is 0. The van der Waals surface area contributed by atoms with E-state index in [0.717, 1.165) is 16.9 Å². The minimum absolute atomic E-state index is 0.0825. The van der Waals surface area contributed by atoms with Crippen LogP contribution in [0.3, 0.4) is 0 Å². The van der Waals surface area contributed by atoms with Gasteiger partial charge in [0, 0.05) is 34.8 Å². The van der Waals surface area contributed by atoms with Gasteiger partial charge in [0.25, 0.3) is 17.4 Å². The Morgan fingerprint density at radius 3 is 2.16 bits per heavy atom. The maximum atomic E-state index is 13.4. The molecule has 8 nitrogen and oxygen atoms in total. The molecule has 8 heteroatoms. The van der Waals surface area contributed by atoms with E-state index in [2.05, 4.69) is 5.32 Å². The second kappa shape index (κ2) is 10.0. The second-order valence-corrected chi connectivity index (χ2v) is 8.93. The molecular weight excluding hydrogens is 482 g/mol. The average Bonchev–Trinajstić information content (AvgIpc) is 3.19. The van der Waals surface area contributed by atoms with Crippen molar-refractivity contribution in [1.82, 2.24) is 0 Å². The van der Waals surface area contributed by atoms with Crippen LogP contribution in [0.4, 0.5) is 22.7 Å². The van der Waals surface area contributed by atoms with Crippen LogP contribution in [0.2, 0.25) is 0 Å². The van der Waals surface area contributed by atoms with Gasteiger partial charge in [-0.15, -0.1) is 0 Å². The smallest absolute Gasteiger partial charge is 0.300 e. The van der Waals surface area contributed by atoms with Gasteiger partial charge < -0.3 is 10.4 Å². The van der Waals surface area contributed by atoms with Crippen molar-refractivity contribution >= 4 is 40.2 Å². The fourth-order valence-electron chi connectivity index (χ4n) is 4.54. The number of non-ortho nitro benzene ring substituents is 1. The fourth-order valence-corrected chi connectivity index (χ4v) is 4.54. The number of benzene rings is 4. The van der Waals surface area contributed by atoms with Gasteiger partial charge in [-0.25, -0.2) is 0 Å². The van der Waals surface area contributed by atoms with Crippen LogP contribution in [0.5, 0.6) is 0 Å². The number of aliphatic hydroxyl groups excluding tert-OH is 1. The number of hydrogen-bond donors (Lipinski definition) is 2. The Balaban J connectivity index is 1.58. The highest BCUT2D eigenvalue weighted by molar-refractivity contribution is 6.51. The topological polar surface area (TPSA) is 113 Å². The highest BCUT2D eigenvalue weighted by atomic mass is 16.6. The summed E-state index contributed by atoms with van der Waals surface area (Å²) in [6.07, 6.45) is 0. The summed E-state index contributed by atoms with van der Waals surface area (Å²) in [5, 5.41) is 25.5. The summed E-state index contributed by atoms with van der Waals surface area (Å²) in [5.41, 5.74) is 3.74. The number of nitrogens with one attached hydrogen (secondary N) is 1. The van der Waals surface area contributed by atoms with Crippen LogP contribution in [0.15, 0.2) is 109 Å². The van der Waals surface area contributed by atoms with Gasteiger partial charge in [0.1, 0.15) is 5.76 Å². The number of aryl methyl sites for hydroxylation is 1. The molecule has 1 fully saturated rings. The lowest BCUT2D eigenvalue weighted by Crippen LogP contribution is -2.29. The molecule has 1 amide bonds. The van der Waals surface area contributed by atoms with Gasteiger partial charge >= 0.3 is 0 Å². The van der Waals surface area contributed by atoms with Gasteiger partial charge in [0.05, 0.1) is 16.5 Å². The number of Topliss-reactive ketones (excluding diaryl/α,β-unsaturated/α-hetero) is 1. The van der Waals surface area contributed by atoms with Crippen LogP contribution in [0.25, 0.3) is 5.76 Å². The number of hydrogen-bond acceptors (Lipinski definition) is 6. The number of nitro benzene ring substituents is 1. The Labute approximate surface area is 218 Å². The molecule has 1 atom stereocenters. The van der Waals surface area contributed by atoms with Gasteiger partial charge in [-0.3, -0.25) is 24.6 Å². The Bertz CT molecular complexity index is 1560. The van der Waals surface area contributed by atoms with Crippen molar-refractivity contribution in [2.75, 3.05) is 10.2 Å². The lowest BCUT2D eigenvalue weighted by Gasteiger charge is -2.26. The number of carbonyl (C=O) groups is 2. The quantitative estimate of drug-likeness (QED) is 0.105. The number of aliphatic hydroxyl groups is 1. The van der Waals surface area contributed by atoms with Crippen molar-refractivity contribution < 1.29 is 19.6 Å². The zero-order chi connectivity index (χ0) is 26.8. The molecule has 0 spiro atoms. The molecule has 4 aromatic rings. The van der Waals surface area contributed by atoms with Gasteiger partial charge in [-0.05, 0) is 61.0 Å². The molecular formula is C30H23N3O5. The maximum Gasteiger partial charge on any atom is 0.300 e. The number of rotatable bonds is 6. The SMILES string of the molecule is Cc1cccc(C2/C(=C(/O)c3ccc([N+](=O)[O-])cc3)C(=O)C(=O)N2c2ccc(Nc3ccccc3)cc2)c1. The summed E-state index contributed by atoms with van der Waals surface area (Å²) in [5.74, 6) is -2.00. The predicted octanol–water partition coefficient (Wildman–Crippen LogP) is 6.27. The van der Waals surface area contributed by atoms with Crippen LogP contribution >= 0.6 is 0 Å². The van der Waals surface area contributed by atoms with Crippen LogP contribution in [0.1, 0.15) is 22.7 Å². The van der Waals surface area contributed by atoms with Crippen molar-refractivity contribution in [1.29, 1.82) is 0 Å². The van der Waals surface area contributed by atoms with Crippen molar-refractivity contribution in [2.45, 2.75) is 13.0 Å². The molecule has 188 valence electrons. The highest BCUT2D eigenvalue weighted by Gasteiger charge is 2.47. The van der Waals surface area contributed by atoms with E-state index in [4.69, 9.17) is 0 Å². The van der Waals surface area contributed by atoms with Gasteiger partial charge in [0.15, 0.2) is 0 Å². The first-order valence-corrected chi connectivity index (χ1v) is 11.9. The maximum absolute atomic E-state index is 13.4. The van der Waals surface area contributed by atoms with Gasteiger partial charge in [0.2, 0.25) is 0 Å². The molecule has 5 rings (SSSR count). The molecule has 0 aromatic heterocycles. The van der Waals surface area contributed by atoms with Crippen molar-refractivity contribution in [3.05, 3.63) is 136 Å². The van der Waals surface area contributed by atoms with Crippen LogP contribution < -0.4 is 10.2 Å². The molecule has 0 saturated carbocycles. The summed E-state index contributed by atoms with van der Waals surface area (Å²) in [7, 11) is 0. The van der Waals surface area contributed by atoms with E-state index in [-0.39, 0.29) is 16.8 Å². The first-order chi connectivity index (χ1) is 18.3.